The number of carbonyl (C=O) groups excluding carboxylic acids is 1. The van der Waals surface area contributed by atoms with Gasteiger partial charge in [-0.2, -0.15) is 0 Å². The maximum atomic E-state index is 11.9. The summed E-state index contributed by atoms with van der Waals surface area (Å²) in [5, 5.41) is 1.36. The van der Waals surface area contributed by atoms with E-state index < -0.39 is 0 Å². The molecule has 0 spiro atoms. The zero-order valence-electron chi connectivity index (χ0n) is 19.9. The van der Waals surface area contributed by atoms with Crippen LogP contribution >= 0.6 is 0 Å². The molecule has 2 unspecified atom stereocenters. The molecule has 2 aromatic carbocycles. The topological polar surface area (TPSA) is 54.6 Å². The highest BCUT2D eigenvalue weighted by molar-refractivity contribution is 5.89. The number of aromatic amines is 1. The Labute approximate surface area is 196 Å². The van der Waals surface area contributed by atoms with Crippen LogP contribution in [0.3, 0.4) is 0 Å². The largest absolute Gasteiger partial charge is 0.465 e. The number of rotatable bonds is 7. The molecule has 1 aliphatic heterocycles. The van der Waals surface area contributed by atoms with E-state index in [0.29, 0.717) is 11.5 Å². The average Bonchev–Trinajstić information content (AvgIpc) is 3.56. The van der Waals surface area contributed by atoms with Crippen molar-refractivity contribution in [1.29, 1.82) is 0 Å². The molecule has 5 nitrogen and oxygen atoms in total. The van der Waals surface area contributed by atoms with E-state index in [4.69, 9.17) is 9.47 Å². The number of fused-ring (bicyclic) bond motifs is 1. The van der Waals surface area contributed by atoms with E-state index in [1.165, 1.54) is 53.1 Å². The molecule has 5 heteroatoms. The van der Waals surface area contributed by atoms with Gasteiger partial charge in [-0.05, 0) is 85.9 Å². The van der Waals surface area contributed by atoms with Gasteiger partial charge in [0, 0.05) is 42.8 Å². The van der Waals surface area contributed by atoms with Crippen LogP contribution in [-0.2, 0) is 16.0 Å². The van der Waals surface area contributed by atoms with Gasteiger partial charge in [-0.15, -0.1) is 0 Å². The van der Waals surface area contributed by atoms with E-state index >= 15 is 0 Å². The summed E-state index contributed by atoms with van der Waals surface area (Å²) >= 11 is 0. The second kappa shape index (κ2) is 9.32. The number of piperidine rings is 1. The number of hydrogen-bond donors (Lipinski definition) is 1. The number of methoxy groups -OCH3 is 1. The van der Waals surface area contributed by atoms with Gasteiger partial charge in [0.2, 0.25) is 0 Å². The number of aryl methyl sites for hydroxylation is 1. The molecule has 1 N–H and O–H groups in total. The van der Waals surface area contributed by atoms with Crippen LogP contribution in [0.2, 0.25) is 0 Å². The van der Waals surface area contributed by atoms with Crippen LogP contribution in [0.5, 0.6) is 0 Å². The maximum Gasteiger partial charge on any atom is 0.337 e. The Morgan fingerprint density at radius 2 is 1.94 bits per heavy atom. The fourth-order valence-corrected chi connectivity index (χ4v) is 5.50. The van der Waals surface area contributed by atoms with Crippen molar-refractivity contribution in [1.82, 2.24) is 9.88 Å². The second-order valence-corrected chi connectivity index (χ2v) is 9.50. The second-order valence-electron chi connectivity index (χ2n) is 9.50. The molecule has 1 aliphatic carbocycles. The smallest absolute Gasteiger partial charge is 0.337 e. The summed E-state index contributed by atoms with van der Waals surface area (Å²) in [6, 6.07) is 12.9. The fourth-order valence-electron chi connectivity index (χ4n) is 5.50. The lowest BCUT2D eigenvalue weighted by molar-refractivity contribution is -0.0137. The molecule has 1 aromatic heterocycles. The molecule has 0 amide bonds. The number of ether oxygens (including phenoxy) is 2. The zero-order valence-corrected chi connectivity index (χ0v) is 19.9. The van der Waals surface area contributed by atoms with Gasteiger partial charge in [0.25, 0.3) is 0 Å². The molecule has 1 saturated heterocycles. The Morgan fingerprint density at radius 3 is 2.64 bits per heavy atom. The summed E-state index contributed by atoms with van der Waals surface area (Å²) in [5.74, 6) is 0.412. The number of carbonyl (C=O) groups is 1. The van der Waals surface area contributed by atoms with Crippen molar-refractivity contribution in [3.05, 3.63) is 70.4 Å². The number of benzene rings is 2. The summed E-state index contributed by atoms with van der Waals surface area (Å²) in [6.07, 6.45) is 6.95. The Kier molecular flexibility index (Phi) is 6.26. The first-order chi connectivity index (χ1) is 16.1. The Balaban J connectivity index is 1.49. The van der Waals surface area contributed by atoms with Crippen molar-refractivity contribution in [3.63, 3.8) is 0 Å². The summed E-state index contributed by atoms with van der Waals surface area (Å²) in [5.41, 5.74) is 7.44. The van der Waals surface area contributed by atoms with E-state index in [1.807, 2.05) is 12.1 Å². The molecule has 2 atom stereocenters. The molecule has 2 heterocycles. The van der Waals surface area contributed by atoms with Crippen molar-refractivity contribution >= 4 is 16.9 Å². The van der Waals surface area contributed by atoms with Gasteiger partial charge >= 0.3 is 5.97 Å². The van der Waals surface area contributed by atoms with Crippen LogP contribution in [0.15, 0.2) is 42.6 Å². The number of hydrogen-bond acceptors (Lipinski definition) is 4. The van der Waals surface area contributed by atoms with Crippen LogP contribution in [0, 0.1) is 6.92 Å². The minimum absolute atomic E-state index is 0.254. The highest BCUT2D eigenvalue weighted by Gasteiger charge is 2.33. The normalized spacial score (nSPS) is 21.4. The zero-order chi connectivity index (χ0) is 22.9. The van der Waals surface area contributed by atoms with Gasteiger partial charge in [0.15, 0.2) is 0 Å². The summed E-state index contributed by atoms with van der Waals surface area (Å²) in [6.45, 7) is 6.96. The van der Waals surface area contributed by atoms with Crippen LogP contribution in [0.25, 0.3) is 10.9 Å². The van der Waals surface area contributed by atoms with Crippen LogP contribution in [0.1, 0.15) is 77.2 Å². The monoisotopic (exact) mass is 446 g/mol. The number of nitrogens with zero attached hydrogens (tertiary/aromatic N) is 1. The molecule has 5 rings (SSSR count). The highest BCUT2D eigenvalue weighted by Crippen LogP contribution is 2.45. The molecule has 1 saturated carbocycles. The van der Waals surface area contributed by atoms with Crippen molar-refractivity contribution in [2.45, 2.75) is 64.1 Å². The van der Waals surface area contributed by atoms with Gasteiger partial charge in [-0.3, -0.25) is 4.90 Å². The first-order valence-electron chi connectivity index (χ1n) is 12.2. The van der Waals surface area contributed by atoms with Crippen molar-refractivity contribution in [2.24, 2.45) is 0 Å². The van der Waals surface area contributed by atoms with Crippen LogP contribution < -0.4 is 0 Å². The van der Waals surface area contributed by atoms with Gasteiger partial charge < -0.3 is 14.5 Å². The summed E-state index contributed by atoms with van der Waals surface area (Å²) in [7, 11) is 1.42. The predicted molar refractivity (Wildman–Crippen MR) is 131 cm³/mol. The average molecular weight is 447 g/mol. The SMILES string of the molecule is CCOC1CCN(Cc2c(C3CC3)cc(C)c3[nH]ccc23)C(c2ccc(C(=O)OC)cc2)C1. The highest BCUT2D eigenvalue weighted by atomic mass is 16.5. The van der Waals surface area contributed by atoms with Crippen LogP contribution in [0.4, 0.5) is 0 Å². The third-order valence-electron chi connectivity index (χ3n) is 7.35. The number of H-pyrrole nitrogens is 1. The Bertz CT molecular complexity index is 1130. The lowest BCUT2D eigenvalue weighted by Crippen LogP contribution is -2.39. The molecule has 3 aromatic rings. The van der Waals surface area contributed by atoms with E-state index in [-0.39, 0.29) is 18.1 Å². The molecule has 2 fully saturated rings. The third-order valence-corrected chi connectivity index (χ3v) is 7.35. The number of esters is 1. The standard InChI is InChI=1S/C28H34N2O3/c1-4-33-22-12-14-30(26(16-22)20-7-9-21(10-8-20)28(31)32-3)17-25-23-11-13-29-27(23)18(2)15-24(25)19-5-6-19/h7-11,13,15,19,22,26,29H,4-6,12,14,16-17H2,1-3H3. The van der Waals surface area contributed by atoms with Gasteiger partial charge in [0.05, 0.1) is 18.8 Å². The summed E-state index contributed by atoms with van der Waals surface area (Å²) in [4.78, 5) is 18.0. The number of aromatic nitrogens is 1. The number of likely N-dealkylation sites (tertiary alicyclic amines) is 1. The predicted octanol–water partition coefficient (Wildman–Crippen LogP) is 5.88. The minimum atomic E-state index is -0.294. The molecular weight excluding hydrogens is 412 g/mol. The lowest BCUT2D eigenvalue weighted by atomic mass is 9.90. The van der Waals surface area contributed by atoms with Gasteiger partial charge in [-0.1, -0.05) is 18.2 Å². The van der Waals surface area contributed by atoms with E-state index in [2.05, 4.69) is 54.2 Å². The van der Waals surface area contributed by atoms with Gasteiger partial charge in [0.1, 0.15) is 0 Å². The molecule has 2 aliphatic rings. The maximum absolute atomic E-state index is 11.9. The first-order valence-corrected chi connectivity index (χ1v) is 12.2. The van der Waals surface area contributed by atoms with Crippen LogP contribution in [-0.4, -0.2) is 42.2 Å². The summed E-state index contributed by atoms with van der Waals surface area (Å²) < 4.78 is 10.9. The van der Waals surface area contributed by atoms with Crippen molar-refractivity contribution in [2.75, 3.05) is 20.3 Å². The first kappa shape index (κ1) is 22.2. The third kappa shape index (κ3) is 4.44. The molecule has 0 bridgehead atoms. The Morgan fingerprint density at radius 1 is 1.15 bits per heavy atom. The molecule has 33 heavy (non-hydrogen) atoms. The fraction of sp³-hybridized carbons (Fsp3) is 0.464. The molecular formula is C28H34N2O3. The van der Waals surface area contributed by atoms with E-state index in [0.717, 1.165) is 32.5 Å². The molecule has 174 valence electrons. The number of nitrogens with one attached hydrogen (secondary N) is 1. The Hall–Kier alpha value is -2.63. The quantitative estimate of drug-likeness (QED) is 0.460. The van der Waals surface area contributed by atoms with E-state index in [9.17, 15) is 4.79 Å². The van der Waals surface area contributed by atoms with Crippen molar-refractivity contribution in [3.8, 4) is 0 Å². The lowest BCUT2D eigenvalue weighted by Gasteiger charge is -2.40. The molecule has 0 radical (unpaired) electrons. The minimum Gasteiger partial charge on any atom is -0.465 e. The van der Waals surface area contributed by atoms with E-state index in [1.54, 1.807) is 0 Å². The van der Waals surface area contributed by atoms with Crippen molar-refractivity contribution < 1.29 is 14.3 Å². The van der Waals surface area contributed by atoms with Gasteiger partial charge in [-0.25, -0.2) is 4.79 Å².